The molecule has 0 radical (unpaired) electrons. The van der Waals surface area contributed by atoms with Gasteiger partial charge in [-0.1, -0.05) is 24.3 Å². The fourth-order valence-corrected chi connectivity index (χ4v) is 4.82. The van der Waals surface area contributed by atoms with Gasteiger partial charge < -0.3 is 14.0 Å². The minimum Gasteiger partial charge on any atom is -0.480 e. The molecule has 0 saturated heterocycles. The zero-order valence-corrected chi connectivity index (χ0v) is 22.8. The number of alkyl halides is 3. The molecule has 1 aliphatic rings. The summed E-state index contributed by atoms with van der Waals surface area (Å²) in [5.74, 6) is 0.613. The summed E-state index contributed by atoms with van der Waals surface area (Å²) < 4.78 is 54.4. The van der Waals surface area contributed by atoms with Gasteiger partial charge in [-0.3, -0.25) is 0 Å². The monoisotopic (exact) mass is 564 g/mol. The highest BCUT2D eigenvalue weighted by Gasteiger charge is 2.38. The number of imidazole rings is 1. The number of fused-ring (bicyclic) bond motifs is 1. The first-order valence-corrected chi connectivity index (χ1v) is 13.1. The van der Waals surface area contributed by atoms with Crippen LogP contribution in [-0.2, 0) is 12.7 Å². The molecule has 0 aliphatic heterocycles. The standard InChI is InChI=1S/C28H27F3N8O2/c1-15(2)38-13-20(35-27(38)28(29,30)31)17-7-5-16(6-8-17)12-39-24-19(25(37-39)40-3)11-32-23(36-24)21-22(18-9-10-18)33-14-34-26(21)41-4/h5-8,11,13-15,18H,9-10,12H2,1-4H3. The molecule has 6 rings (SSSR count). The van der Waals surface area contributed by atoms with E-state index in [0.717, 1.165) is 28.7 Å². The van der Waals surface area contributed by atoms with E-state index in [9.17, 15) is 13.2 Å². The SMILES string of the molecule is COc1ncnc(C2CC2)c1-c1ncc2c(OC)nn(Cc3ccc(-c4cn(C(C)C)c(C(F)(F)F)n4)cc3)c2n1. The Bertz CT molecular complexity index is 1720. The number of methoxy groups -OCH3 is 2. The Hall–Kier alpha value is -4.55. The average molecular weight is 565 g/mol. The highest BCUT2D eigenvalue weighted by Crippen LogP contribution is 2.45. The van der Waals surface area contributed by atoms with E-state index < -0.39 is 12.0 Å². The number of aromatic nitrogens is 8. The van der Waals surface area contributed by atoms with Crippen molar-refractivity contribution in [3.63, 3.8) is 0 Å². The molecule has 0 amide bonds. The van der Waals surface area contributed by atoms with Crippen LogP contribution >= 0.6 is 0 Å². The Balaban J connectivity index is 1.35. The van der Waals surface area contributed by atoms with Crippen molar-refractivity contribution < 1.29 is 22.6 Å². The van der Waals surface area contributed by atoms with Crippen LogP contribution in [0.1, 0.15) is 55.7 Å². The third-order valence-electron chi connectivity index (χ3n) is 7.00. The zero-order valence-electron chi connectivity index (χ0n) is 22.8. The minimum atomic E-state index is -4.54. The lowest BCUT2D eigenvalue weighted by Crippen LogP contribution is -2.15. The van der Waals surface area contributed by atoms with E-state index >= 15 is 0 Å². The van der Waals surface area contributed by atoms with Crippen molar-refractivity contribution in [2.45, 2.75) is 51.4 Å². The van der Waals surface area contributed by atoms with Gasteiger partial charge in [0.1, 0.15) is 17.3 Å². The van der Waals surface area contributed by atoms with Crippen LogP contribution in [0.2, 0.25) is 0 Å². The number of hydrogen-bond donors (Lipinski definition) is 0. The van der Waals surface area contributed by atoms with Gasteiger partial charge >= 0.3 is 6.18 Å². The Morgan fingerprint density at radius 1 is 0.976 bits per heavy atom. The summed E-state index contributed by atoms with van der Waals surface area (Å²) in [6.07, 6.45) is 2.11. The Kier molecular flexibility index (Phi) is 6.59. The molecule has 1 fully saturated rings. The number of ether oxygens (including phenoxy) is 2. The molecule has 1 aliphatic carbocycles. The van der Waals surface area contributed by atoms with Crippen molar-refractivity contribution in [3.05, 3.63) is 60.1 Å². The molecule has 1 aromatic carbocycles. The summed E-state index contributed by atoms with van der Waals surface area (Å²) in [6, 6.07) is 6.78. The maximum Gasteiger partial charge on any atom is 0.449 e. The minimum absolute atomic E-state index is 0.256. The van der Waals surface area contributed by atoms with Crippen LogP contribution in [0.15, 0.2) is 43.0 Å². The van der Waals surface area contributed by atoms with Gasteiger partial charge in [0.05, 0.1) is 32.2 Å². The lowest BCUT2D eigenvalue weighted by atomic mass is 10.1. The number of halogens is 3. The first-order valence-electron chi connectivity index (χ1n) is 13.1. The summed E-state index contributed by atoms with van der Waals surface area (Å²) in [5, 5.41) is 5.22. The van der Waals surface area contributed by atoms with Gasteiger partial charge in [-0.05, 0) is 32.3 Å². The summed E-state index contributed by atoms with van der Waals surface area (Å²) >= 11 is 0. The first kappa shape index (κ1) is 26.7. The van der Waals surface area contributed by atoms with Gasteiger partial charge in [-0.2, -0.15) is 13.2 Å². The van der Waals surface area contributed by atoms with Gasteiger partial charge in [0, 0.05) is 29.9 Å². The molecule has 0 atom stereocenters. The fraction of sp³-hybridized carbons (Fsp3) is 0.357. The van der Waals surface area contributed by atoms with Crippen LogP contribution in [-0.4, -0.2) is 53.5 Å². The van der Waals surface area contributed by atoms with Crippen molar-refractivity contribution in [3.8, 4) is 34.4 Å². The number of hydrogen-bond acceptors (Lipinski definition) is 8. The van der Waals surface area contributed by atoms with Gasteiger partial charge in [-0.15, -0.1) is 5.10 Å². The molecule has 1 saturated carbocycles. The lowest BCUT2D eigenvalue weighted by Gasteiger charge is -2.12. The molecule has 13 heteroatoms. The molecule has 212 valence electrons. The van der Waals surface area contributed by atoms with Gasteiger partial charge in [0.25, 0.3) is 0 Å². The first-order chi connectivity index (χ1) is 19.7. The van der Waals surface area contributed by atoms with Crippen molar-refractivity contribution in [1.29, 1.82) is 0 Å². The van der Waals surface area contributed by atoms with Crippen LogP contribution in [0.4, 0.5) is 13.2 Å². The quantitative estimate of drug-likeness (QED) is 0.237. The third-order valence-corrected chi connectivity index (χ3v) is 7.00. The molecular formula is C28H27F3N8O2. The molecule has 10 nitrogen and oxygen atoms in total. The molecule has 0 spiro atoms. The second-order valence-corrected chi connectivity index (χ2v) is 10.2. The van der Waals surface area contributed by atoms with Crippen molar-refractivity contribution in [1.82, 2.24) is 39.3 Å². The van der Waals surface area contributed by atoms with E-state index in [1.807, 2.05) is 12.1 Å². The summed E-state index contributed by atoms with van der Waals surface area (Å²) in [4.78, 5) is 22.1. The van der Waals surface area contributed by atoms with Gasteiger partial charge in [-0.25, -0.2) is 29.6 Å². The van der Waals surface area contributed by atoms with E-state index in [0.29, 0.717) is 52.2 Å². The maximum atomic E-state index is 13.5. The summed E-state index contributed by atoms with van der Waals surface area (Å²) in [6.45, 7) is 3.72. The van der Waals surface area contributed by atoms with Crippen LogP contribution in [0.3, 0.4) is 0 Å². The van der Waals surface area contributed by atoms with E-state index in [1.165, 1.54) is 19.6 Å². The van der Waals surface area contributed by atoms with Crippen LogP contribution in [0.25, 0.3) is 33.7 Å². The maximum absolute atomic E-state index is 13.5. The van der Waals surface area contributed by atoms with E-state index in [-0.39, 0.29) is 11.7 Å². The highest BCUT2D eigenvalue weighted by atomic mass is 19.4. The third kappa shape index (κ3) is 4.96. The van der Waals surface area contributed by atoms with Crippen molar-refractivity contribution in [2.75, 3.05) is 14.2 Å². The van der Waals surface area contributed by atoms with Crippen molar-refractivity contribution in [2.24, 2.45) is 0 Å². The molecule has 41 heavy (non-hydrogen) atoms. The zero-order chi connectivity index (χ0) is 28.9. The molecule has 0 N–H and O–H groups in total. The Morgan fingerprint density at radius 2 is 1.71 bits per heavy atom. The van der Waals surface area contributed by atoms with Crippen LogP contribution in [0, 0.1) is 0 Å². The predicted molar refractivity (Wildman–Crippen MR) is 144 cm³/mol. The second-order valence-electron chi connectivity index (χ2n) is 10.2. The topological polar surface area (TPSA) is 106 Å². The molecule has 4 aromatic heterocycles. The largest absolute Gasteiger partial charge is 0.480 e. The molecule has 0 bridgehead atoms. The number of nitrogens with zero attached hydrogens (tertiary/aromatic N) is 8. The Morgan fingerprint density at radius 3 is 2.32 bits per heavy atom. The van der Waals surface area contributed by atoms with Crippen molar-refractivity contribution >= 4 is 11.0 Å². The normalized spacial score (nSPS) is 13.8. The fourth-order valence-electron chi connectivity index (χ4n) is 4.82. The predicted octanol–water partition coefficient (Wildman–Crippen LogP) is 5.69. The van der Waals surface area contributed by atoms with Gasteiger partial charge in [0.15, 0.2) is 11.5 Å². The number of benzene rings is 1. The average Bonchev–Trinajstić information content (AvgIpc) is 3.60. The van der Waals surface area contributed by atoms with Crippen LogP contribution in [0.5, 0.6) is 11.8 Å². The smallest absolute Gasteiger partial charge is 0.449 e. The number of rotatable bonds is 8. The van der Waals surface area contributed by atoms with E-state index in [2.05, 4.69) is 25.0 Å². The molecule has 4 heterocycles. The highest BCUT2D eigenvalue weighted by molar-refractivity contribution is 5.83. The summed E-state index contributed by atoms with van der Waals surface area (Å²) in [5.41, 5.74) is 3.77. The molecule has 0 unspecified atom stereocenters. The molecular weight excluding hydrogens is 537 g/mol. The van der Waals surface area contributed by atoms with Gasteiger partial charge in [0.2, 0.25) is 17.6 Å². The Labute approximate surface area is 233 Å². The molecule has 5 aromatic rings. The van der Waals surface area contributed by atoms with Crippen LogP contribution < -0.4 is 9.47 Å². The lowest BCUT2D eigenvalue weighted by molar-refractivity contribution is -0.147. The summed E-state index contributed by atoms with van der Waals surface area (Å²) in [7, 11) is 3.08. The van der Waals surface area contributed by atoms with E-state index in [4.69, 9.17) is 14.5 Å². The van der Waals surface area contributed by atoms with E-state index in [1.54, 1.807) is 44.0 Å². The second kappa shape index (κ2) is 10.1.